The number of thiophene rings is 1. The van der Waals surface area contributed by atoms with Crippen LogP contribution >= 0.6 is 22.7 Å². The zero-order valence-electron chi connectivity index (χ0n) is 13.9. The van der Waals surface area contributed by atoms with Crippen molar-refractivity contribution in [2.24, 2.45) is 0 Å². The van der Waals surface area contributed by atoms with Crippen LogP contribution in [0.1, 0.15) is 15.3 Å². The molecule has 0 aliphatic rings. The van der Waals surface area contributed by atoms with Crippen LogP contribution in [0, 0.1) is 42.9 Å². The van der Waals surface area contributed by atoms with E-state index in [-0.39, 0.29) is 5.13 Å². The smallest absolute Gasteiger partial charge is 0.230 e. The standard InChI is InChI=1S/C17H11F5N2OS2/c1-6-3-8(7(2)27-6)10-5-26-17(23-10)24-11(25)4-9-12(18)14(20)16(22)15(21)13(9)19/h3,5H,4H2,1-2H3,(H,23,24,25). The topological polar surface area (TPSA) is 42.0 Å². The van der Waals surface area contributed by atoms with Gasteiger partial charge in [-0.3, -0.25) is 4.79 Å². The van der Waals surface area contributed by atoms with Gasteiger partial charge in [0.25, 0.3) is 0 Å². The molecule has 0 saturated carbocycles. The molecule has 27 heavy (non-hydrogen) atoms. The molecule has 2 heterocycles. The van der Waals surface area contributed by atoms with Crippen LogP contribution in [-0.4, -0.2) is 10.9 Å². The number of carbonyl (C=O) groups excluding carboxylic acids is 1. The van der Waals surface area contributed by atoms with E-state index in [4.69, 9.17) is 0 Å². The number of nitrogens with one attached hydrogen (secondary N) is 1. The number of nitrogens with zero attached hydrogens (tertiary/aromatic N) is 1. The van der Waals surface area contributed by atoms with E-state index in [0.29, 0.717) is 5.69 Å². The van der Waals surface area contributed by atoms with Crippen LogP contribution in [-0.2, 0) is 11.2 Å². The highest BCUT2D eigenvalue weighted by atomic mass is 32.1. The van der Waals surface area contributed by atoms with Crippen molar-refractivity contribution in [2.75, 3.05) is 5.32 Å². The fraction of sp³-hybridized carbons (Fsp3) is 0.176. The van der Waals surface area contributed by atoms with E-state index in [9.17, 15) is 26.7 Å². The Morgan fingerprint density at radius 2 is 1.63 bits per heavy atom. The summed E-state index contributed by atoms with van der Waals surface area (Å²) in [6, 6.07) is 1.94. The Hall–Kier alpha value is -2.33. The molecule has 0 unspecified atom stereocenters. The maximum atomic E-state index is 13.7. The lowest BCUT2D eigenvalue weighted by atomic mass is 10.1. The van der Waals surface area contributed by atoms with Gasteiger partial charge in [0.2, 0.25) is 11.7 Å². The van der Waals surface area contributed by atoms with Gasteiger partial charge in [-0.05, 0) is 19.9 Å². The molecule has 1 N–H and O–H groups in total. The second-order valence-electron chi connectivity index (χ2n) is 5.64. The third-order valence-corrected chi connectivity index (χ3v) is 5.43. The van der Waals surface area contributed by atoms with Crippen LogP contribution in [0.3, 0.4) is 0 Å². The Bertz CT molecular complexity index is 1020. The number of benzene rings is 1. The summed E-state index contributed by atoms with van der Waals surface area (Å²) in [7, 11) is 0. The van der Waals surface area contributed by atoms with Gasteiger partial charge in [0.1, 0.15) is 0 Å². The number of anilines is 1. The molecular formula is C17H11F5N2OS2. The molecule has 0 fully saturated rings. The summed E-state index contributed by atoms with van der Waals surface area (Å²) >= 11 is 2.67. The number of rotatable bonds is 4. The summed E-state index contributed by atoms with van der Waals surface area (Å²) in [4.78, 5) is 18.4. The average molecular weight is 418 g/mol. The van der Waals surface area contributed by atoms with Crippen molar-refractivity contribution >= 4 is 33.7 Å². The lowest BCUT2D eigenvalue weighted by molar-refractivity contribution is -0.115. The molecule has 0 bridgehead atoms. The zero-order valence-corrected chi connectivity index (χ0v) is 15.6. The first-order valence-electron chi connectivity index (χ1n) is 7.52. The van der Waals surface area contributed by atoms with E-state index in [2.05, 4.69) is 10.3 Å². The number of halogens is 5. The average Bonchev–Trinajstić information content (AvgIpc) is 3.20. The number of carbonyl (C=O) groups is 1. The van der Waals surface area contributed by atoms with Crippen molar-refractivity contribution in [1.29, 1.82) is 0 Å². The molecule has 0 aliphatic heterocycles. The molecule has 0 spiro atoms. The van der Waals surface area contributed by atoms with Crippen LogP contribution < -0.4 is 5.32 Å². The first-order chi connectivity index (χ1) is 12.7. The minimum absolute atomic E-state index is 0.155. The number of hydrogen-bond acceptors (Lipinski definition) is 4. The Morgan fingerprint density at radius 1 is 1.04 bits per heavy atom. The predicted molar refractivity (Wildman–Crippen MR) is 93.5 cm³/mol. The quantitative estimate of drug-likeness (QED) is 0.352. The van der Waals surface area contributed by atoms with E-state index in [1.807, 2.05) is 19.9 Å². The molecule has 0 atom stereocenters. The Kier molecular flexibility index (Phi) is 5.29. The highest BCUT2D eigenvalue weighted by molar-refractivity contribution is 7.14. The summed E-state index contributed by atoms with van der Waals surface area (Å²) in [6.45, 7) is 3.87. The molecule has 1 aromatic carbocycles. The summed E-state index contributed by atoms with van der Waals surface area (Å²) in [5.41, 5.74) is 0.326. The third-order valence-electron chi connectivity index (χ3n) is 3.71. The van der Waals surface area contributed by atoms with Gasteiger partial charge in [0.15, 0.2) is 28.4 Å². The van der Waals surface area contributed by atoms with Crippen LogP contribution in [0.5, 0.6) is 0 Å². The largest absolute Gasteiger partial charge is 0.302 e. The molecule has 142 valence electrons. The molecular weight excluding hydrogens is 407 g/mol. The van der Waals surface area contributed by atoms with Crippen LogP contribution in [0.4, 0.5) is 27.1 Å². The van der Waals surface area contributed by atoms with E-state index in [1.165, 1.54) is 0 Å². The summed E-state index contributed by atoms with van der Waals surface area (Å²) < 4.78 is 66.8. The van der Waals surface area contributed by atoms with E-state index in [1.54, 1.807) is 16.7 Å². The molecule has 0 saturated heterocycles. The molecule has 3 rings (SSSR count). The molecule has 2 aromatic heterocycles. The van der Waals surface area contributed by atoms with Crippen LogP contribution in [0.25, 0.3) is 11.3 Å². The first kappa shape index (κ1) is 19.4. The van der Waals surface area contributed by atoms with E-state index >= 15 is 0 Å². The lowest BCUT2D eigenvalue weighted by Crippen LogP contribution is -2.18. The summed E-state index contributed by atoms with van der Waals surface area (Å²) in [5, 5.41) is 4.17. The van der Waals surface area contributed by atoms with Crippen molar-refractivity contribution in [2.45, 2.75) is 20.3 Å². The monoisotopic (exact) mass is 418 g/mol. The van der Waals surface area contributed by atoms with Crippen molar-refractivity contribution in [1.82, 2.24) is 4.98 Å². The van der Waals surface area contributed by atoms with Crippen molar-refractivity contribution < 1.29 is 26.7 Å². The zero-order chi connectivity index (χ0) is 19.9. The van der Waals surface area contributed by atoms with Crippen LogP contribution in [0.2, 0.25) is 0 Å². The number of aromatic nitrogens is 1. The van der Waals surface area contributed by atoms with Crippen LogP contribution in [0.15, 0.2) is 11.4 Å². The summed E-state index contributed by atoms with van der Waals surface area (Å²) in [6.07, 6.45) is -1.02. The molecule has 10 heteroatoms. The fourth-order valence-electron chi connectivity index (χ4n) is 2.47. The highest BCUT2D eigenvalue weighted by Gasteiger charge is 2.27. The third kappa shape index (κ3) is 3.72. The predicted octanol–water partition coefficient (Wildman–Crippen LogP) is 5.37. The molecule has 0 radical (unpaired) electrons. The van der Waals surface area contributed by atoms with Crippen molar-refractivity contribution in [3.8, 4) is 11.3 Å². The number of aryl methyl sites for hydroxylation is 2. The highest BCUT2D eigenvalue weighted by Crippen LogP contribution is 2.32. The molecule has 1 amide bonds. The van der Waals surface area contributed by atoms with Gasteiger partial charge < -0.3 is 5.32 Å². The van der Waals surface area contributed by atoms with Gasteiger partial charge in [-0.25, -0.2) is 26.9 Å². The maximum Gasteiger partial charge on any atom is 0.230 e. The minimum Gasteiger partial charge on any atom is -0.302 e. The Labute approximate surface area is 158 Å². The molecule has 3 aromatic rings. The van der Waals surface area contributed by atoms with Gasteiger partial charge >= 0.3 is 0 Å². The molecule has 0 aliphatic carbocycles. The second kappa shape index (κ2) is 7.35. The lowest BCUT2D eigenvalue weighted by Gasteiger charge is -2.07. The van der Waals surface area contributed by atoms with Gasteiger partial charge in [0.05, 0.1) is 12.1 Å². The Balaban J connectivity index is 1.79. The Morgan fingerprint density at radius 3 is 2.19 bits per heavy atom. The SMILES string of the molecule is Cc1cc(-c2csc(NC(=O)Cc3c(F)c(F)c(F)c(F)c3F)n2)c(C)s1. The summed E-state index contributed by atoms with van der Waals surface area (Å²) in [5.74, 6) is -11.4. The van der Waals surface area contributed by atoms with Crippen molar-refractivity contribution in [3.05, 3.63) is 55.9 Å². The number of hydrogen-bond donors (Lipinski definition) is 1. The maximum absolute atomic E-state index is 13.7. The fourth-order valence-corrected chi connectivity index (χ4v) is 4.13. The second-order valence-corrected chi connectivity index (χ2v) is 7.96. The van der Waals surface area contributed by atoms with Crippen molar-refractivity contribution in [3.63, 3.8) is 0 Å². The van der Waals surface area contributed by atoms with E-state index in [0.717, 1.165) is 26.7 Å². The van der Waals surface area contributed by atoms with Gasteiger partial charge in [0, 0.05) is 26.3 Å². The van der Waals surface area contributed by atoms with Gasteiger partial charge in [-0.1, -0.05) is 0 Å². The number of thiazole rings is 1. The first-order valence-corrected chi connectivity index (χ1v) is 9.21. The normalized spacial score (nSPS) is 11.1. The van der Waals surface area contributed by atoms with Gasteiger partial charge in [-0.2, -0.15) is 0 Å². The number of amides is 1. The van der Waals surface area contributed by atoms with Gasteiger partial charge in [-0.15, -0.1) is 22.7 Å². The minimum atomic E-state index is -2.26. The molecule has 3 nitrogen and oxygen atoms in total. The van der Waals surface area contributed by atoms with E-state index < -0.39 is 47.0 Å².